The molecule has 2 aromatic carbocycles. The first-order valence-corrected chi connectivity index (χ1v) is 12.6. The second-order valence-electron chi connectivity index (χ2n) is 9.33. The van der Waals surface area contributed by atoms with Crippen molar-refractivity contribution < 1.29 is 9.53 Å². The van der Waals surface area contributed by atoms with E-state index in [0.29, 0.717) is 31.3 Å². The van der Waals surface area contributed by atoms with E-state index in [1.807, 2.05) is 37.4 Å². The molecule has 6 bridgehead atoms. The number of aromatic nitrogens is 2. The van der Waals surface area contributed by atoms with Gasteiger partial charge in [-0.15, -0.1) is 0 Å². The third-order valence-electron chi connectivity index (χ3n) is 6.68. The van der Waals surface area contributed by atoms with Gasteiger partial charge in [-0.2, -0.15) is 0 Å². The molecule has 0 atom stereocenters. The number of hydrogen-bond donors (Lipinski definition) is 2. The number of piperidine rings is 1. The molecule has 182 valence electrons. The maximum Gasteiger partial charge on any atom is 0.251 e. The molecular formula is C28H33N5O2. The number of fused-ring (bicyclic) bond motifs is 9. The second-order valence-corrected chi connectivity index (χ2v) is 9.33. The van der Waals surface area contributed by atoms with Gasteiger partial charge in [0.25, 0.3) is 5.91 Å². The van der Waals surface area contributed by atoms with Crippen LogP contribution in [0.1, 0.15) is 53.6 Å². The zero-order valence-electron chi connectivity index (χ0n) is 20.3. The molecule has 2 N–H and O–H groups in total. The average Bonchev–Trinajstić information content (AvgIpc) is 2.89. The minimum atomic E-state index is -0.0562. The molecule has 3 aliphatic heterocycles. The highest BCUT2D eigenvalue weighted by Crippen LogP contribution is 2.30. The summed E-state index contributed by atoms with van der Waals surface area (Å²) in [5, 5.41) is 6.40. The number of carbonyl (C=O) groups excluding carboxylic acids is 1. The van der Waals surface area contributed by atoms with Crippen molar-refractivity contribution in [2.75, 3.05) is 36.5 Å². The summed E-state index contributed by atoms with van der Waals surface area (Å²) in [6, 6.07) is 14.0. The lowest BCUT2D eigenvalue weighted by molar-refractivity contribution is 0.0946. The van der Waals surface area contributed by atoms with Crippen LogP contribution in [-0.4, -0.2) is 42.1 Å². The molecule has 1 fully saturated rings. The van der Waals surface area contributed by atoms with Gasteiger partial charge in [0.05, 0.1) is 12.3 Å². The van der Waals surface area contributed by atoms with E-state index in [1.165, 1.54) is 30.5 Å². The largest absolute Gasteiger partial charge is 0.377 e. The summed E-state index contributed by atoms with van der Waals surface area (Å²) in [6.07, 6.45) is 7.37. The molecule has 0 radical (unpaired) electrons. The SMILES string of the molecule is Cc1cnc2nc1-c1ccc(cc1)C(=O)NCCCCOCc1cc(ccc1N1CCCCC1)N2. The van der Waals surface area contributed by atoms with Crippen molar-refractivity contribution in [1.29, 1.82) is 0 Å². The van der Waals surface area contributed by atoms with Crippen LogP contribution < -0.4 is 15.5 Å². The summed E-state index contributed by atoms with van der Waals surface area (Å²) in [5.41, 5.74) is 6.80. The number of benzene rings is 2. The maximum absolute atomic E-state index is 12.5. The van der Waals surface area contributed by atoms with E-state index in [1.54, 1.807) is 0 Å². The lowest BCUT2D eigenvalue weighted by Crippen LogP contribution is -2.30. The second kappa shape index (κ2) is 10.9. The van der Waals surface area contributed by atoms with E-state index in [2.05, 4.69) is 38.7 Å². The summed E-state index contributed by atoms with van der Waals surface area (Å²) in [7, 11) is 0. The Morgan fingerprint density at radius 3 is 2.57 bits per heavy atom. The van der Waals surface area contributed by atoms with Gasteiger partial charge in [-0.3, -0.25) is 4.79 Å². The molecule has 35 heavy (non-hydrogen) atoms. The maximum atomic E-state index is 12.5. The summed E-state index contributed by atoms with van der Waals surface area (Å²) in [4.78, 5) is 24.3. The van der Waals surface area contributed by atoms with Gasteiger partial charge >= 0.3 is 0 Å². The normalized spacial score (nSPS) is 17.1. The molecule has 0 aliphatic carbocycles. The van der Waals surface area contributed by atoms with Crippen LogP contribution >= 0.6 is 0 Å². The van der Waals surface area contributed by atoms with Crippen molar-refractivity contribution in [2.45, 2.75) is 45.6 Å². The minimum absolute atomic E-state index is 0.0562. The highest BCUT2D eigenvalue weighted by atomic mass is 16.5. The first-order chi connectivity index (χ1) is 17.2. The summed E-state index contributed by atoms with van der Waals surface area (Å²) >= 11 is 0. The molecule has 0 saturated carbocycles. The molecule has 3 aliphatic rings. The fourth-order valence-corrected chi connectivity index (χ4v) is 4.74. The average molecular weight is 472 g/mol. The monoisotopic (exact) mass is 471 g/mol. The molecule has 1 saturated heterocycles. The van der Waals surface area contributed by atoms with E-state index >= 15 is 0 Å². The van der Waals surface area contributed by atoms with E-state index in [9.17, 15) is 4.79 Å². The van der Waals surface area contributed by atoms with Gasteiger partial charge < -0.3 is 20.3 Å². The molecule has 4 heterocycles. The van der Waals surface area contributed by atoms with Gasteiger partial charge in [-0.25, -0.2) is 9.97 Å². The van der Waals surface area contributed by atoms with Crippen LogP contribution in [0.15, 0.2) is 48.7 Å². The van der Waals surface area contributed by atoms with Crippen molar-refractivity contribution in [3.05, 3.63) is 65.4 Å². The number of nitrogens with zero attached hydrogens (tertiary/aromatic N) is 3. The Balaban J connectivity index is 1.47. The predicted molar refractivity (Wildman–Crippen MR) is 139 cm³/mol. The number of anilines is 3. The Morgan fingerprint density at radius 1 is 0.943 bits per heavy atom. The number of amides is 1. The molecule has 0 spiro atoms. The molecule has 7 heteroatoms. The quantitative estimate of drug-likeness (QED) is 0.506. The van der Waals surface area contributed by atoms with Crippen molar-refractivity contribution in [3.63, 3.8) is 0 Å². The van der Waals surface area contributed by atoms with Gasteiger partial charge in [0.15, 0.2) is 0 Å². The number of hydrogen-bond acceptors (Lipinski definition) is 6. The van der Waals surface area contributed by atoms with Crippen molar-refractivity contribution in [1.82, 2.24) is 15.3 Å². The van der Waals surface area contributed by atoms with Gasteiger partial charge in [0.1, 0.15) is 0 Å². The number of rotatable bonds is 1. The zero-order chi connectivity index (χ0) is 24.0. The van der Waals surface area contributed by atoms with Gasteiger partial charge in [-0.05, 0) is 74.9 Å². The first kappa shape index (κ1) is 23.3. The van der Waals surface area contributed by atoms with Crippen LogP contribution in [0.3, 0.4) is 0 Å². The van der Waals surface area contributed by atoms with Crippen LogP contribution in [0.5, 0.6) is 0 Å². The Kier molecular flexibility index (Phi) is 7.23. The standard InChI is InChI=1S/C28H33N5O2/c1-20-18-30-28-31-24-11-12-25(33-14-4-2-5-15-33)23(17-24)19-35-16-6-3-13-29-27(34)22-9-7-21(8-10-22)26(20)32-28/h7-12,17-18H,2-6,13-16,19H2,1H3,(H,29,34)(H,30,31,32). The molecule has 0 unspecified atom stereocenters. The fraction of sp³-hybridized carbons (Fsp3) is 0.393. The van der Waals surface area contributed by atoms with Crippen LogP contribution in [0.25, 0.3) is 11.3 Å². The van der Waals surface area contributed by atoms with E-state index < -0.39 is 0 Å². The highest BCUT2D eigenvalue weighted by molar-refractivity contribution is 5.94. The Morgan fingerprint density at radius 2 is 1.74 bits per heavy atom. The van der Waals surface area contributed by atoms with Crippen LogP contribution in [0, 0.1) is 6.92 Å². The smallest absolute Gasteiger partial charge is 0.251 e. The third kappa shape index (κ3) is 5.62. The number of nitrogens with one attached hydrogen (secondary N) is 2. The van der Waals surface area contributed by atoms with E-state index in [4.69, 9.17) is 9.72 Å². The number of aryl methyl sites for hydroxylation is 1. The van der Waals surface area contributed by atoms with Crippen molar-refractivity contribution >= 4 is 23.2 Å². The predicted octanol–water partition coefficient (Wildman–Crippen LogP) is 5.23. The molecular weight excluding hydrogens is 438 g/mol. The summed E-state index contributed by atoms with van der Waals surface area (Å²) in [6.45, 7) is 6.02. The first-order valence-electron chi connectivity index (χ1n) is 12.6. The summed E-state index contributed by atoms with van der Waals surface area (Å²) < 4.78 is 6.08. The van der Waals surface area contributed by atoms with Crippen LogP contribution in [0.4, 0.5) is 17.3 Å². The topological polar surface area (TPSA) is 79.4 Å². The number of carbonyl (C=O) groups is 1. The van der Waals surface area contributed by atoms with E-state index in [0.717, 1.165) is 48.4 Å². The molecule has 1 aromatic heterocycles. The molecule has 3 aromatic rings. The Labute approximate surface area is 206 Å². The van der Waals surface area contributed by atoms with E-state index in [-0.39, 0.29) is 5.91 Å². The number of ether oxygens (including phenoxy) is 1. The minimum Gasteiger partial charge on any atom is -0.377 e. The van der Waals surface area contributed by atoms with Gasteiger partial charge in [0, 0.05) is 60.5 Å². The lowest BCUT2D eigenvalue weighted by Gasteiger charge is -2.31. The molecule has 7 nitrogen and oxygen atoms in total. The molecule has 6 rings (SSSR count). The van der Waals surface area contributed by atoms with Crippen molar-refractivity contribution in [2.24, 2.45) is 0 Å². The van der Waals surface area contributed by atoms with Gasteiger partial charge in [-0.1, -0.05) is 12.1 Å². The fourth-order valence-electron chi connectivity index (χ4n) is 4.74. The third-order valence-corrected chi connectivity index (χ3v) is 6.68. The van der Waals surface area contributed by atoms with Crippen molar-refractivity contribution in [3.8, 4) is 11.3 Å². The van der Waals surface area contributed by atoms with Crippen LogP contribution in [0.2, 0.25) is 0 Å². The van der Waals surface area contributed by atoms with Crippen LogP contribution in [-0.2, 0) is 11.3 Å². The Bertz CT molecular complexity index is 1170. The zero-order valence-corrected chi connectivity index (χ0v) is 20.3. The highest BCUT2D eigenvalue weighted by Gasteiger charge is 2.16. The molecule has 1 amide bonds. The Hall–Kier alpha value is -3.45. The summed E-state index contributed by atoms with van der Waals surface area (Å²) in [5.74, 6) is 0.488. The van der Waals surface area contributed by atoms with Gasteiger partial charge in [0.2, 0.25) is 5.95 Å². The lowest BCUT2D eigenvalue weighted by atomic mass is 10.1.